The van der Waals surface area contributed by atoms with Gasteiger partial charge in [-0.15, -0.1) is 0 Å². The van der Waals surface area contributed by atoms with Crippen LogP contribution in [-0.2, 0) is 4.79 Å². The summed E-state index contributed by atoms with van der Waals surface area (Å²) in [5, 5.41) is 9.32. The van der Waals surface area contributed by atoms with Crippen LogP contribution in [0.2, 0.25) is 0 Å². The fourth-order valence-electron chi connectivity index (χ4n) is 1.43. The number of nitrogens with zero attached hydrogens (tertiary/aromatic N) is 1. The zero-order valence-corrected chi connectivity index (χ0v) is 9.46. The lowest BCUT2D eigenvalue weighted by Gasteiger charge is -2.17. The fourth-order valence-corrected chi connectivity index (χ4v) is 1.93. The number of aliphatic hydroxyl groups excluding tert-OH is 1. The smallest absolute Gasteiger partial charge is 0.236 e. The van der Waals surface area contributed by atoms with Crippen LogP contribution in [0.5, 0.6) is 0 Å². The van der Waals surface area contributed by atoms with Gasteiger partial charge in [0.2, 0.25) is 5.91 Å². The van der Waals surface area contributed by atoms with Crippen LogP contribution < -0.4 is 0 Å². The second-order valence-corrected chi connectivity index (χ2v) is 4.54. The summed E-state index contributed by atoms with van der Waals surface area (Å²) < 4.78 is 0. The predicted octanol–water partition coefficient (Wildman–Crippen LogP) is 1.14. The van der Waals surface area contributed by atoms with Gasteiger partial charge in [-0.25, -0.2) is 0 Å². The van der Waals surface area contributed by atoms with E-state index in [-0.39, 0.29) is 16.8 Å². The van der Waals surface area contributed by atoms with Crippen LogP contribution in [0.25, 0.3) is 0 Å². The first-order valence-corrected chi connectivity index (χ1v) is 5.67. The topological polar surface area (TPSA) is 40.5 Å². The third kappa shape index (κ3) is 2.95. The van der Waals surface area contributed by atoms with Crippen molar-refractivity contribution < 1.29 is 9.90 Å². The van der Waals surface area contributed by atoms with Gasteiger partial charge in [-0.3, -0.25) is 4.79 Å². The van der Waals surface area contributed by atoms with E-state index in [0.29, 0.717) is 13.0 Å². The molecule has 2 unspecified atom stereocenters. The third-order valence-electron chi connectivity index (χ3n) is 2.44. The summed E-state index contributed by atoms with van der Waals surface area (Å²) in [6, 6.07) is 0. The van der Waals surface area contributed by atoms with Crippen LogP contribution in [0.4, 0.5) is 0 Å². The summed E-state index contributed by atoms with van der Waals surface area (Å²) in [6.45, 7) is 3.46. The minimum atomic E-state index is -0.262. The molecule has 0 aliphatic carbocycles. The number of halogens is 1. The Morgan fingerprint density at radius 2 is 2.46 bits per heavy atom. The standard InChI is InChI=1S/C9H16BrNO2/c1-2-7(12)3-5-11-6-4-8(10)9(11)13/h7-8,12H,2-6H2,1H3. The molecule has 1 rings (SSSR count). The molecule has 1 N–H and O–H groups in total. The van der Waals surface area contributed by atoms with Crippen molar-refractivity contribution in [3.05, 3.63) is 0 Å². The lowest BCUT2D eigenvalue weighted by molar-refractivity contribution is -0.127. The number of hydrogen-bond acceptors (Lipinski definition) is 2. The van der Waals surface area contributed by atoms with E-state index in [1.165, 1.54) is 0 Å². The molecule has 0 spiro atoms. The molecule has 0 aromatic rings. The lowest BCUT2D eigenvalue weighted by Crippen LogP contribution is -2.30. The predicted molar refractivity (Wildman–Crippen MR) is 54.8 cm³/mol. The van der Waals surface area contributed by atoms with Crippen LogP contribution in [0.1, 0.15) is 26.2 Å². The Morgan fingerprint density at radius 3 is 2.92 bits per heavy atom. The Balaban J connectivity index is 2.26. The Bertz CT molecular complexity index is 186. The van der Waals surface area contributed by atoms with Crippen molar-refractivity contribution in [2.45, 2.75) is 37.1 Å². The highest BCUT2D eigenvalue weighted by Crippen LogP contribution is 2.18. The molecule has 0 aromatic carbocycles. The van der Waals surface area contributed by atoms with E-state index in [9.17, 15) is 9.90 Å². The van der Waals surface area contributed by atoms with Gasteiger partial charge in [0.25, 0.3) is 0 Å². The zero-order valence-electron chi connectivity index (χ0n) is 7.87. The van der Waals surface area contributed by atoms with Gasteiger partial charge in [0.15, 0.2) is 0 Å². The maximum absolute atomic E-state index is 11.4. The molecule has 2 atom stereocenters. The molecule has 4 heteroatoms. The van der Waals surface area contributed by atoms with Gasteiger partial charge in [0.1, 0.15) is 0 Å². The number of rotatable bonds is 4. The van der Waals surface area contributed by atoms with Crippen molar-refractivity contribution in [1.82, 2.24) is 4.90 Å². The third-order valence-corrected chi connectivity index (χ3v) is 3.29. The average Bonchev–Trinajstić information content (AvgIpc) is 2.44. The summed E-state index contributed by atoms with van der Waals surface area (Å²) >= 11 is 3.31. The molecule has 76 valence electrons. The molecule has 3 nitrogen and oxygen atoms in total. The molecule has 1 amide bonds. The normalized spacial score (nSPS) is 25.3. The molecule has 0 saturated carbocycles. The highest BCUT2D eigenvalue weighted by Gasteiger charge is 2.28. The van der Waals surface area contributed by atoms with Crippen molar-refractivity contribution in [3.8, 4) is 0 Å². The monoisotopic (exact) mass is 249 g/mol. The van der Waals surface area contributed by atoms with E-state index in [0.717, 1.165) is 19.4 Å². The summed E-state index contributed by atoms with van der Waals surface area (Å²) in [7, 11) is 0. The highest BCUT2D eigenvalue weighted by atomic mass is 79.9. The first-order valence-electron chi connectivity index (χ1n) is 4.76. The molecule has 0 aromatic heterocycles. The molecule has 0 bridgehead atoms. The number of aliphatic hydroxyl groups is 1. The number of carbonyl (C=O) groups excluding carboxylic acids is 1. The largest absolute Gasteiger partial charge is 0.393 e. The summed E-state index contributed by atoms with van der Waals surface area (Å²) in [4.78, 5) is 13.2. The van der Waals surface area contributed by atoms with E-state index in [1.54, 1.807) is 0 Å². The number of amides is 1. The van der Waals surface area contributed by atoms with Gasteiger partial charge in [-0.05, 0) is 19.3 Å². The number of carbonyl (C=O) groups is 1. The molecule has 13 heavy (non-hydrogen) atoms. The van der Waals surface area contributed by atoms with Gasteiger partial charge in [0, 0.05) is 13.1 Å². The molecular weight excluding hydrogens is 234 g/mol. The zero-order chi connectivity index (χ0) is 9.84. The quantitative estimate of drug-likeness (QED) is 0.760. The van der Waals surface area contributed by atoms with Gasteiger partial charge in [-0.1, -0.05) is 22.9 Å². The van der Waals surface area contributed by atoms with Crippen molar-refractivity contribution in [1.29, 1.82) is 0 Å². The van der Waals surface area contributed by atoms with Crippen molar-refractivity contribution in [3.63, 3.8) is 0 Å². The molecular formula is C9H16BrNO2. The Hall–Kier alpha value is -0.0900. The Morgan fingerprint density at radius 1 is 1.77 bits per heavy atom. The molecule has 1 aliphatic rings. The van der Waals surface area contributed by atoms with Gasteiger partial charge >= 0.3 is 0 Å². The molecule has 1 heterocycles. The van der Waals surface area contributed by atoms with E-state index < -0.39 is 0 Å². The number of hydrogen-bond donors (Lipinski definition) is 1. The van der Waals surface area contributed by atoms with Crippen LogP contribution in [0.3, 0.4) is 0 Å². The van der Waals surface area contributed by atoms with Gasteiger partial charge < -0.3 is 10.0 Å². The van der Waals surface area contributed by atoms with Crippen molar-refractivity contribution in [2.75, 3.05) is 13.1 Å². The summed E-state index contributed by atoms with van der Waals surface area (Å²) in [5.74, 6) is 0.170. The van der Waals surface area contributed by atoms with Crippen molar-refractivity contribution >= 4 is 21.8 Å². The lowest BCUT2D eigenvalue weighted by atomic mass is 10.2. The molecule has 1 fully saturated rings. The summed E-state index contributed by atoms with van der Waals surface area (Å²) in [6.07, 6.45) is 2.09. The van der Waals surface area contributed by atoms with Crippen LogP contribution in [0, 0.1) is 0 Å². The number of alkyl halides is 1. The average molecular weight is 250 g/mol. The molecule has 1 saturated heterocycles. The van der Waals surface area contributed by atoms with Crippen LogP contribution in [-0.4, -0.2) is 39.9 Å². The first-order chi connectivity index (χ1) is 6.15. The Kier molecular flexibility index (Phi) is 4.19. The SMILES string of the molecule is CCC(O)CCN1CCC(Br)C1=O. The van der Waals surface area contributed by atoms with Crippen LogP contribution in [0.15, 0.2) is 0 Å². The first kappa shape index (κ1) is 11.0. The highest BCUT2D eigenvalue weighted by molar-refractivity contribution is 9.10. The minimum Gasteiger partial charge on any atom is -0.393 e. The van der Waals surface area contributed by atoms with E-state index >= 15 is 0 Å². The van der Waals surface area contributed by atoms with E-state index in [2.05, 4.69) is 15.9 Å². The molecule has 1 aliphatic heterocycles. The fraction of sp³-hybridized carbons (Fsp3) is 0.889. The molecule has 0 radical (unpaired) electrons. The number of likely N-dealkylation sites (tertiary alicyclic amines) is 1. The van der Waals surface area contributed by atoms with Gasteiger partial charge in [-0.2, -0.15) is 0 Å². The maximum Gasteiger partial charge on any atom is 0.236 e. The van der Waals surface area contributed by atoms with Crippen molar-refractivity contribution in [2.24, 2.45) is 0 Å². The van der Waals surface area contributed by atoms with E-state index in [1.807, 2.05) is 11.8 Å². The Labute approximate surface area is 87.2 Å². The van der Waals surface area contributed by atoms with Crippen LogP contribution >= 0.6 is 15.9 Å². The van der Waals surface area contributed by atoms with Gasteiger partial charge in [0.05, 0.1) is 10.9 Å². The van der Waals surface area contributed by atoms with E-state index in [4.69, 9.17) is 0 Å². The minimum absolute atomic E-state index is 0.00580. The maximum atomic E-state index is 11.4. The second-order valence-electron chi connectivity index (χ2n) is 3.43. The second kappa shape index (κ2) is 4.96. The summed E-state index contributed by atoms with van der Waals surface area (Å²) in [5.41, 5.74) is 0.